The average molecular weight is 360 g/mol. The van der Waals surface area contributed by atoms with Crippen molar-refractivity contribution < 1.29 is 14.3 Å². The van der Waals surface area contributed by atoms with Gasteiger partial charge in [-0.05, 0) is 18.8 Å². The molecule has 1 amide bonds. The number of aromatic nitrogens is 2. The highest BCUT2D eigenvalue weighted by Gasteiger charge is 2.25. The molecule has 1 heterocycles. The Kier molecular flexibility index (Phi) is 8.33. The fourth-order valence-corrected chi connectivity index (χ4v) is 2.67. The van der Waals surface area contributed by atoms with Crippen LogP contribution >= 0.6 is 23.4 Å². The van der Waals surface area contributed by atoms with Crippen LogP contribution in [0.25, 0.3) is 0 Å². The SMILES string of the molecule is CCCSc1ncc(Cl)c(C(=O)N[C@@H](CC(C)C)C(=O)OC)n1. The lowest BCUT2D eigenvalue weighted by molar-refractivity contribution is -0.143. The molecule has 0 bridgehead atoms. The lowest BCUT2D eigenvalue weighted by Crippen LogP contribution is -2.42. The van der Waals surface area contributed by atoms with Gasteiger partial charge in [0.25, 0.3) is 5.91 Å². The van der Waals surface area contributed by atoms with Gasteiger partial charge in [0.2, 0.25) is 0 Å². The van der Waals surface area contributed by atoms with Crippen LogP contribution in [0, 0.1) is 5.92 Å². The van der Waals surface area contributed by atoms with Crippen LogP contribution < -0.4 is 5.32 Å². The van der Waals surface area contributed by atoms with Crippen LogP contribution in [0.2, 0.25) is 5.02 Å². The Balaban J connectivity index is 2.91. The van der Waals surface area contributed by atoms with E-state index in [-0.39, 0.29) is 16.6 Å². The Bertz CT molecular complexity index is 555. The second kappa shape index (κ2) is 9.72. The molecule has 0 unspecified atom stereocenters. The largest absolute Gasteiger partial charge is 0.467 e. The third-order valence-corrected chi connectivity index (χ3v) is 4.21. The first-order valence-corrected chi connectivity index (χ1v) is 8.79. The van der Waals surface area contributed by atoms with Gasteiger partial charge in [-0.25, -0.2) is 14.8 Å². The first-order chi connectivity index (χ1) is 10.9. The molecule has 1 atom stereocenters. The van der Waals surface area contributed by atoms with Crippen LogP contribution in [0.4, 0.5) is 0 Å². The minimum atomic E-state index is -0.731. The number of methoxy groups -OCH3 is 1. The van der Waals surface area contributed by atoms with Crippen molar-refractivity contribution in [2.45, 2.75) is 44.8 Å². The molecule has 0 aromatic carbocycles. The number of carbonyl (C=O) groups is 2. The number of amides is 1. The number of hydrogen-bond donors (Lipinski definition) is 1. The van der Waals surface area contributed by atoms with E-state index in [4.69, 9.17) is 16.3 Å². The molecule has 0 aliphatic heterocycles. The van der Waals surface area contributed by atoms with Gasteiger partial charge in [-0.1, -0.05) is 44.1 Å². The number of ether oxygens (including phenoxy) is 1. The van der Waals surface area contributed by atoms with E-state index in [9.17, 15) is 9.59 Å². The highest BCUT2D eigenvalue weighted by Crippen LogP contribution is 2.19. The summed E-state index contributed by atoms with van der Waals surface area (Å²) in [6.07, 6.45) is 2.84. The summed E-state index contributed by atoms with van der Waals surface area (Å²) in [5, 5.41) is 3.28. The van der Waals surface area contributed by atoms with E-state index in [2.05, 4.69) is 15.3 Å². The molecule has 6 nitrogen and oxygen atoms in total. The highest BCUT2D eigenvalue weighted by atomic mass is 35.5. The minimum absolute atomic E-state index is 0.0675. The molecule has 1 rings (SSSR count). The van der Waals surface area contributed by atoms with Crippen molar-refractivity contribution in [1.29, 1.82) is 0 Å². The number of carbonyl (C=O) groups excluding carboxylic acids is 2. The number of hydrogen-bond acceptors (Lipinski definition) is 6. The molecule has 23 heavy (non-hydrogen) atoms. The van der Waals surface area contributed by atoms with Crippen LogP contribution in [0.15, 0.2) is 11.4 Å². The molecular formula is C15H22ClN3O3S. The average Bonchev–Trinajstić information content (AvgIpc) is 2.52. The monoisotopic (exact) mass is 359 g/mol. The topological polar surface area (TPSA) is 81.2 Å². The molecule has 1 aromatic heterocycles. The van der Waals surface area contributed by atoms with Crippen LogP contribution in [0.5, 0.6) is 0 Å². The third-order valence-electron chi connectivity index (χ3n) is 2.87. The third kappa shape index (κ3) is 6.35. The summed E-state index contributed by atoms with van der Waals surface area (Å²) in [7, 11) is 1.29. The molecule has 0 aliphatic rings. The Morgan fingerprint density at radius 2 is 2.13 bits per heavy atom. The van der Waals surface area contributed by atoms with Crippen molar-refractivity contribution in [3.8, 4) is 0 Å². The minimum Gasteiger partial charge on any atom is -0.467 e. The summed E-state index contributed by atoms with van der Waals surface area (Å²) in [5.41, 5.74) is 0.0675. The van der Waals surface area contributed by atoms with E-state index in [1.807, 2.05) is 20.8 Å². The van der Waals surface area contributed by atoms with E-state index in [1.165, 1.54) is 25.1 Å². The molecule has 0 radical (unpaired) electrons. The summed E-state index contributed by atoms with van der Waals surface area (Å²) < 4.78 is 4.73. The van der Waals surface area contributed by atoms with E-state index in [1.54, 1.807) is 0 Å². The first kappa shape index (κ1) is 19.7. The van der Waals surface area contributed by atoms with Crippen molar-refractivity contribution in [1.82, 2.24) is 15.3 Å². The molecule has 8 heteroatoms. The van der Waals surface area contributed by atoms with E-state index < -0.39 is 17.9 Å². The summed E-state index contributed by atoms with van der Waals surface area (Å²) in [5.74, 6) is 0.0708. The van der Waals surface area contributed by atoms with Crippen LogP contribution in [0.3, 0.4) is 0 Å². The zero-order chi connectivity index (χ0) is 17.4. The van der Waals surface area contributed by atoms with Crippen LogP contribution in [0.1, 0.15) is 44.1 Å². The van der Waals surface area contributed by atoms with Crippen LogP contribution in [-0.2, 0) is 9.53 Å². The molecule has 0 fully saturated rings. The number of thioether (sulfide) groups is 1. The van der Waals surface area contributed by atoms with E-state index >= 15 is 0 Å². The lowest BCUT2D eigenvalue weighted by Gasteiger charge is -2.18. The number of rotatable bonds is 8. The van der Waals surface area contributed by atoms with Crippen LogP contribution in [-0.4, -0.2) is 40.7 Å². The fraction of sp³-hybridized carbons (Fsp3) is 0.600. The standard InChI is InChI=1S/C15H22ClN3O3S/c1-5-6-23-15-17-8-10(16)12(19-15)13(20)18-11(7-9(2)3)14(21)22-4/h8-9,11H,5-7H2,1-4H3,(H,18,20)/t11-/m0/s1. The Morgan fingerprint density at radius 3 is 2.70 bits per heavy atom. The zero-order valence-corrected chi connectivity index (χ0v) is 15.3. The van der Waals surface area contributed by atoms with Gasteiger partial charge < -0.3 is 10.1 Å². The summed E-state index contributed by atoms with van der Waals surface area (Å²) in [6.45, 7) is 5.96. The maximum absolute atomic E-state index is 12.4. The second-order valence-electron chi connectivity index (χ2n) is 5.38. The van der Waals surface area contributed by atoms with Gasteiger partial charge in [0.1, 0.15) is 6.04 Å². The zero-order valence-electron chi connectivity index (χ0n) is 13.8. The molecule has 0 saturated heterocycles. The molecule has 1 N–H and O–H groups in total. The number of nitrogens with one attached hydrogen (secondary N) is 1. The highest BCUT2D eigenvalue weighted by molar-refractivity contribution is 7.99. The molecule has 128 valence electrons. The van der Waals surface area contributed by atoms with Gasteiger partial charge in [0.15, 0.2) is 10.9 Å². The number of nitrogens with zero attached hydrogens (tertiary/aromatic N) is 2. The van der Waals surface area contributed by atoms with Gasteiger partial charge in [0.05, 0.1) is 18.3 Å². The van der Waals surface area contributed by atoms with E-state index in [0.29, 0.717) is 11.6 Å². The second-order valence-corrected chi connectivity index (χ2v) is 6.85. The Morgan fingerprint density at radius 1 is 1.43 bits per heavy atom. The van der Waals surface area contributed by atoms with Gasteiger partial charge in [-0.2, -0.15) is 0 Å². The van der Waals surface area contributed by atoms with Gasteiger partial charge in [0, 0.05) is 5.75 Å². The van der Waals surface area contributed by atoms with Crippen molar-refractivity contribution in [3.63, 3.8) is 0 Å². The maximum atomic E-state index is 12.4. The first-order valence-electron chi connectivity index (χ1n) is 7.43. The van der Waals surface area contributed by atoms with Crippen molar-refractivity contribution >= 4 is 35.2 Å². The summed E-state index contributed by atoms with van der Waals surface area (Å²) in [6, 6.07) is -0.731. The fourth-order valence-electron chi connectivity index (χ4n) is 1.83. The lowest BCUT2D eigenvalue weighted by atomic mass is 10.0. The van der Waals surface area contributed by atoms with E-state index in [0.717, 1.165) is 12.2 Å². The van der Waals surface area contributed by atoms with Crippen molar-refractivity contribution in [2.24, 2.45) is 5.92 Å². The molecule has 0 aliphatic carbocycles. The van der Waals surface area contributed by atoms with Gasteiger partial charge in [-0.15, -0.1) is 0 Å². The number of esters is 1. The predicted molar refractivity (Wildman–Crippen MR) is 90.8 cm³/mol. The smallest absolute Gasteiger partial charge is 0.328 e. The Hall–Kier alpha value is -1.34. The number of halogens is 1. The predicted octanol–water partition coefficient (Wildman–Crippen LogP) is 2.95. The molecule has 0 saturated carbocycles. The van der Waals surface area contributed by atoms with Crippen molar-refractivity contribution in [3.05, 3.63) is 16.9 Å². The maximum Gasteiger partial charge on any atom is 0.328 e. The van der Waals surface area contributed by atoms with Crippen molar-refractivity contribution in [2.75, 3.05) is 12.9 Å². The molecule has 1 aromatic rings. The molecular weight excluding hydrogens is 338 g/mol. The summed E-state index contributed by atoms with van der Waals surface area (Å²) >= 11 is 7.47. The normalized spacial score (nSPS) is 12.1. The Labute approximate surface area is 145 Å². The quantitative estimate of drug-likeness (QED) is 0.436. The van der Waals surface area contributed by atoms with Gasteiger partial charge in [-0.3, -0.25) is 4.79 Å². The summed E-state index contributed by atoms with van der Waals surface area (Å²) in [4.78, 5) is 32.5. The van der Waals surface area contributed by atoms with Gasteiger partial charge >= 0.3 is 5.97 Å². The molecule has 0 spiro atoms.